The SMILES string of the molecule is CCCn1ncc(-c2nc(-c3cccnn3)no2)c1C. The van der Waals surface area contributed by atoms with Gasteiger partial charge in [-0.3, -0.25) is 4.68 Å². The standard InChI is InChI=1S/C13H14N6O/c1-3-7-19-9(2)10(8-15-19)13-16-12(18-20-13)11-5-4-6-14-17-11/h4-6,8H,3,7H2,1-2H3. The van der Waals surface area contributed by atoms with Crippen LogP contribution in [0.5, 0.6) is 0 Å². The summed E-state index contributed by atoms with van der Waals surface area (Å²) in [4.78, 5) is 4.35. The lowest BCUT2D eigenvalue weighted by atomic mass is 10.2. The van der Waals surface area contributed by atoms with Crippen molar-refractivity contribution >= 4 is 0 Å². The van der Waals surface area contributed by atoms with Gasteiger partial charge in [0.25, 0.3) is 5.89 Å². The van der Waals surface area contributed by atoms with Gasteiger partial charge in [0.1, 0.15) is 5.69 Å². The summed E-state index contributed by atoms with van der Waals surface area (Å²) < 4.78 is 7.23. The van der Waals surface area contributed by atoms with Crippen LogP contribution >= 0.6 is 0 Å². The predicted molar refractivity (Wildman–Crippen MR) is 71.6 cm³/mol. The molecular formula is C13H14N6O. The van der Waals surface area contributed by atoms with Gasteiger partial charge in [0.2, 0.25) is 5.82 Å². The Labute approximate surface area is 115 Å². The van der Waals surface area contributed by atoms with Gasteiger partial charge in [-0.2, -0.15) is 15.2 Å². The Bertz CT molecular complexity index is 703. The third-order valence-electron chi connectivity index (χ3n) is 3.00. The molecule has 0 aliphatic rings. The van der Waals surface area contributed by atoms with Crippen molar-refractivity contribution in [1.29, 1.82) is 0 Å². The van der Waals surface area contributed by atoms with Gasteiger partial charge in [-0.25, -0.2) is 0 Å². The number of hydrogen-bond donors (Lipinski definition) is 0. The van der Waals surface area contributed by atoms with Gasteiger partial charge in [0.05, 0.1) is 11.8 Å². The summed E-state index contributed by atoms with van der Waals surface area (Å²) in [6.45, 7) is 4.97. The molecule has 0 radical (unpaired) electrons. The molecule has 7 nitrogen and oxygen atoms in total. The highest BCUT2D eigenvalue weighted by atomic mass is 16.5. The quantitative estimate of drug-likeness (QED) is 0.722. The third-order valence-corrected chi connectivity index (χ3v) is 3.00. The maximum Gasteiger partial charge on any atom is 0.261 e. The first kappa shape index (κ1) is 12.5. The van der Waals surface area contributed by atoms with Crippen molar-refractivity contribution < 1.29 is 4.52 Å². The minimum Gasteiger partial charge on any atom is -0.333 e. The van der Waals surface area contributed by atoms with Crippen LogP contribution in [-0.2, 0) is 6.54 Å². The van der Waals surface area contributed by atoms with Gasteiger partial charge >= 0.3 is 0 Å². The molecule has 0 saturated heterocycles. The fraction of sp³-hybridized carbons (Fsp3) is 0.308. The zero-order chi connectivity index (χ0) is 13.9. The first-order valence-corrected chi connectivity index (χ1v) is 6.44. The van der Waals surface area contributed by atoms with Crippen LogP contribution < -0.4 is 0 Å². The number of hydrogen-bond acceptors (Lipinski definition) is 6. The van der Waals surface area contributed by atoms with E-state index < -0.39 is 0 Å². The fourth-order valence-electron chi connectivity index (χ4n) is 1.95. The van der Waals surface area contributed by atoms with Crippen LogP contribution in [0.4, 0.5) is 0 Å². The van der Waals surface area contributed by atoms with E-state index in [-0.39, 0.29) is 0 Å². The lowest BCUT2D eigenvalue weighted by molar-refractivity contribution is 0.431. The highest BCUT2D eigenvalue weighted by Crippen LogP contribution is 2.23. The maximum atomic E-state index is 5.30. The molecule has 0 fully saturated rings. The van der Waals surface area contributed by atoms with Crippen molar-refractivity contribution in [3.63, 3.8) is 0 Å². The topological polar surface area (TPSA) is 82.5 Å². The molecular weight excluding hydrogens is 256 g/mol. The molecule has 0 spiro atoms. The second-order valence-corrected chi connectivity index (χ2v) is 4.40. The molecule has 7 heteroatoms. The normalized spacial score (nSPS) is 10.9. The summed E-state index contributed by atoms with van der Waals surface area (Å²) in [6, 6.07) is 3.57. The van der Waals surface area contributed by atoms with Crippen molar-refractivity contribution in [3.05, 3.63) is 30.2 Å². The minimum atomic E-state index is 0.427. The maximum absolute atomic E-state index is 5.30. The van der Waals surface area contributed by atoms with Gasteiger partial charge < -0.3 is 4.52 Å². The van der Waals surface area contributed by atoms with Crippen molar-refractivity contribution in [1.82, 2.24) is 30.1 Å². The van der Waals surface area contributed by atoms with Crippen LogP contribution in [0.15, 0.2) is 29.0 Å². The predicted octanol–water partition coefficient (Wildman–Crippen LogP) is 2.11. The average Bonchev–Trinajstić information content (AvgIpc) is 3.08. The Kier molecular flexibility index (Phi) is 3.24. The largest absolute Gasteiger partial charge is 0.333 e. The number of aromatic nitrogens is 6. The molecule has 0 aromatic carbocycles. The van der Waals surface area contributed by atoms with Gasteiger partial charge in [-0.1, -0.05) is 12.1 Å². The Morgan fingerprint density at radius 1 is 1.35 bits per heavy atom. The smallest absolute Gasteiger partial charge is 0.261 e. The van der Waals surface area contributed by atoms with E-state index in [0.29, 0.717) is 17.4 Å². The summed E-state index contributed by atoms with van der Waals surface area (Å²) in [6.07, 6.45) is 4.37. The van der Waals surface area contributed by atoms with E-state index in [9.17, 15) is 0 Å². The zero-order valence-corrected chi connectivity index (χ0v) is 11.3. The van der Waals surface area contributed by atoms with Crippen molar-refractivity contribution in [2.75, 3.05) is 0 Å². The Morgan fingerprint density at radius 3 is 3.00 bits per heavy atom. The van der Waals surface area contributed by atoms with Gasteiger partial charge in [0, 0.05) is 18.4 Å². The van der Waals surface area contributed by atoms with Crippen LogP contribution in [0.3, 0.4) is 0 Å². The Hall–Kier alpha value is -2.57. The van der Waals surface area contributed by atoms with Crippen molar-refractivity contribution in [2.24, 2.45) is 0 Å². The molecule has 0 bridgehead atoms. The molecule has 0 aliphatic carbocycles. The summed E-state index contributed by atoms with van der Waals surface area (Å²) in [5.41, 5.74) is 2.45. The lowest BCUT2D eigenvalue weighted by Crippen LogP contribution is -2.00. The Balaban J connectivity index is 1.94. The van der Waals surface area contributed by atoms with Crippen LogP contribution in [0, 0.1) is 6.92 Å². The lowest BCUT2D eigenvalue weighted by Gasteiger charge is -2.00. The first-order valence-electron chi connectivity index (χ1n) is 6.44. The van der Waals surface area contributed by atoms with E-state index in [2.05, 4.69) is 32.4 Å². The number of rotatable bonds is 4. The van der Waals surface area contributed by atoms with E-state index in [0.717, 1.165) is 24.2 Å². The molecule has 3 rings (SSSR count). The van der Waals surface area contributed by atoms with Crippen LogP contribution in [0.25, 0.3) is 23.0 Å². The van der Waals surface area contributed by atoms with E-state index in [1.54, 1.807) is 24.5 Å². The van der Waals surface area contributed by atoms with Gasteiger partial charge in [0.15, 0.2) is 0 Å². The highest BCUT2D eigenvalue weighted by Gasteiger charge is 2.16. The van der Waals surface area contributed by atoms with Crippen LogP contribution in [-0.4, -0.2) is 30.1 Å². The summed E-state index contributed by atoms with van der Waals surface area (Å²) >= 11 is 0. The highest BCUT2D eigenvalue weighted by molar-refractivity contribution is 5.58. The van der Waals surface area contributed by atoms with Crippen LogP contribution in [0.2, 0.25) is 0 Å². The summed E-state index contributed by atoms with van der Waals surface area (Å²) in [7, 11) is 0. The van der Waals surface area contributed by atoms with Crippen molar-refractivity contribution in [3.8, 4) is 23.0 Å². The molecule has 3 heterocycles. The molecule has 20 heavy (non-hydrogen) atoms. The molecule has 0 amide bonds. The van der Waals surface area contributed by atoms with E-state index in [4.69, 9.17) is 4.52 Å². The van der Waals surface area contributed by atoms with E-state index in [1.165, 1.54) is 0 Å². The number of nitrogens with zero attached hydrogens (tertiary/aromatic N) is 6. The Morgan fingerprint density at radius 2 is 2.25 bits per heavy atom. The molecule has 0 saturated carbocycles. The minimum absolute atomic E-state index is 0.427. The fourth-order valence-corrected chi connectivity index (χ4v) is 1.95. The van der Waals surface area contributed by atoms with E-state index in [1.807, 2.05) is 11.6 Å². The second kappa shape index (κ2) is 5.20. The summed E-state index contributed by atoms with van der Waals surface area (Å²) in [5.74, 6) is 0.876. The van der Waals surface area contributed by atoms with Crippen LogP contribution in [0.1, 0.15) is 19.0 Å². The molecule has 3 aromatic heterocycles. The monoisotopic (exact) mass is 270 g/mol. The van der Waals surface area contributed by atoms with Gasteiger partial charge in [-0.05, 0) is 25.5 Å². The molecule has 0 atom stereocenters. The van der Waals surface area contributed by atoms with Crippen molar-refractivity contribution in [2.45, 2.75) is 26.8 Å². The van der Waals surface area contributed by atoms with E-state index >= 15 is 0 Å². The third kappa shape index (κ3) is 2.18. The molecule has 0 aliphatic heterocycles. The summed E-state index contributed by atoms with van der Waals surface area (Å²) in [5, 5.41) is 16.0. The second-order valence-electron chi connectivity index (χ2n) is 4.40. The zero-order valence-electron chi connectivity index (χ0n) is 11.3. The average molecular weight is 270 g/mol. The molecule has 0 unspecified atom stereocenters. The number of aryl methyl sites for hydroxylation is 1. The molecule has 102 valence electrons. The molecule has 3 aromatic rings. The molecule has 0 N–H and O–H groups in total. The first-order chi connectivity index (χ1) is 9.79. The van der Waals surface area contributed by atoms with Gasteiger partial charge in [-0.15, -0.1) is 5.10 Å².